The summed E-state index contributed by atoms with van der Waals surface area (Å²) >= 11 is 0. The molecule has 0 bridgehead atoms. The van der Waals surface area contributed by atoms with E-state index in [1.165, 1.54) is 4.57 Å². The molecule has 0 unspecified atom stereocenters. The summed E-state index contributed by atoms with van der Waals surface area (Å²) < 4.78 is 1.48. The summed E-state index contributed by atoms with van der Waals surface area (Å²) in [7, 11) is 1.66. The largest absolute Gasteiger partial charge is 0.320 e. The highest BCUT2D eigenvalue weighted by molar-refractivity contribution is 6.03. The van der Waals surface area contributed by atoms with Crippen molar-refractivity contribution in [3.63, 3.8) is 0 Å². The quantitative estimate of drug-likeness (QED) is 0.780. The minimum atomic E-state index is -0.496. The summed E-state index contributed by atoms with van der Waals surface area (Å²) in [5, 5.41) is 2.77. The van der Waals surface area contributed by atoms with E-state index in [4.69, 9.17) is 0 Å². The molecule has 25 heavy (non-hydrogen) atoms. The summed E-state index contributed by atoms with van der Waals surface area (Å²) in [5.74, 6) is -0.496. The SMILES string of the molecule is Cc1ccc(NC(=O)c2nc3cc(C)c(C)cc3n(C)c2=O)cc1C. The van der Waals surface area contributed by atoms with E-state index in [0.717, 1.165) is 27.8 Å². The first-order valence-corrected chi connectivity index (χ1v) is 8.14. The number of aryl methyl sites for hydroxylation is 5. The maximum atomic E-state index is 12.6. The van der Waals surface area contributed by atoms with Crippen molar-refractivity contribution in [2.24, 2.45) is 7.05 Å². The van der Waals surface area contributed by atoms with Crippen molar-refractivity contribution in [1.29, 1.82) is 0 Å². The van der Waals surface area contributed by atoms with Gasteiger partial charge in [0.1, 0.15) is 0 Å². The fourth-order valence-corrected chi connectivity index (χ4v) is 2.74. The molecule has 0 spiro atoms. The van der Waals surface area contributed by atoms with Crippen molar-refractivity contribution < 1.29 is 4.79 Å². The van der Waals surface area contributed by atoms with Crippen molar-refractivity contribution in [2.45, 2.75) is 27.7 Å². The summed E-state index contributed by atoms with van der Waals surface area (Å²) in [4.78, 5) is 29.5. The summed E-state index contributed by atoms with van der Waals surface area (Å²) in [6.07, 6.45) is 0. The second-order valence-corrected chi connectivity index (χ2v) is 6.50. The molecule has 1 aromatic heterocycles. The van der Waals surface area contributed by atoms with Gasteiger partial charge in [-0.3, -0.25) is 9.59 Å². The Kier molecular flexibility index (Phi) is 4.17. The molecule has 5 heteroatoms. The van der Waals surface area contributed by atoms with Crippen molar-refractivity contribution >= 4 is 22.6 Å². The molecular weight excluding hydrogens is 314 g/mol. The molecule has 2 aromatic carbocycles. The summed E-state index contributed by atoms with van der Waals surface area (Å²) in [5.41, 5.74) is 5.86. The third-order valence-corrected chi connectivity index (χ3v) is 4.67. The van der Waals surface area contributed by atoms with E-state index in [2.05, 4.69) is 10.3 Å². The van der Waals surface area contributed by atoms with Crippen molar-refractivity contribution in [2.75, 3.05) is 5.32 Å². The fraction of sp³-hybridized carbons (Fsp3) is 0.250. The average molecular weight is 335 g/mol. The molecule has 1 amide bonds. The molecule has 0 aliphatic heterocycles. The molecule has 3 aromatic rings. The van der Waals surface area contributed by atoms with Gasteiger partial charge in [0, 0.05) is 12.7 Å². The third kappa shape index (κ3) is 3.05. The standard InChI is InChI=1S/C20H21N3O2/c1-11-6-7-15(8-12(11)2)21-19(24)18-20(25)23(5)17-10-14(4)13(3)9-16(17)22-18/h6-10H,1-5H3,(H,21,24). The highest BCUT2D eigenvalue weighted by atomic mass is 16.2. The number of rotatable bonds is 2. The van der Waals surface area contributed by atoms with Gasteiger partial charge in [-0.15, -0.1) is 0 Å². The van der Waals surface area contributed by atoms with E-state index < -0.39 is 11.5 Å². The van der Waals surface area contributed by atoms with E-state index in [1.54, 1.807) is 7.05 Å². The number of hydrogen-bond donors (Lipinski definition) is 1. The van der Waals surface area contributed by atoms with Crippen LogP contribution in [0.15, 0.2) is 35.1 Å². The lowest BCUT2D eigenvalue weighted by Gasteiger charge is -2.11. The van der Waals surface area contributed by atoms with Crippen LogP contribution in [0.25, 0.3) is 11.0 Å². The van der Waals surface area contributed by atoms with Crippen LogP contribution in [0.3, 0.4) is 0 Å². The van der Waals surface area contributed by atoms with Crippen LogP contribution >= 0.6 is 0 Å². The van der Waals surface area contributed by atoms with Crippen LogP contribution in [-0.4, -0.2) is 15.5 Å². The van der Waals surface area contributed by atoms with Crippen LogP contribution in [0.2, 0.25) is 0 Å². The van der Waals surface area contributed by atoms with Gasteiger partial charge in [-0.25, -0.2) is 4.98 Å². The number of carbonyl (C=O) groups excluding carboxylic acids is 1. The van der Waals surface area contributed by atoms with E-state index in [0.29, 0.717) is 11.2 Å². The van der Waals surface area contributed by atoms with Gasteiger partial charge in [-0.1, -0.05) is 6.07 Å². The molecular formula is C20H21N3O2. The first-order chi connectivity index (χ1) is 11.8. The molecule has 128 valence electrons. The molecule has 0 saturated carbocycles. The van der Waals surface area contributed by atoms with Crippen LogP contribution in [0.5, 0.6) is 0 Å². The number of hydrogen-bond acceptors (Lipinski definition) is 3. The lowest BCUT2D eigenvalue weighted by Crippen LogP contribution is -2.30. The number of nitrogens with zero attached hydrogens (tertiary/aromatic N) is 2. The maximum Gasteiger partial charge on any atom is 0.282 e. The van der Waals surface area contributed by atoms with Crippen LogP contribution < -0.4 is 10.9 Å². The minimum absolute atomic E-state index is 0.100. The molecule has 1 N–H and O–H groups in total. The summed E-state index contributed by atoms with van der Waals surface area (Å²) in [6, 6.07) is 9.45. The minimum Gasteiger partial charge on any atom is -0.320 e. The van der Waals surface area contributed by atoms with Gasteiger partial charge < -0.3 is 9.88 Å². The third-order valence-electron chi connectivity index (χ3n) is 4.67. The molecule has 0 radical (unpaired) electrons. The molecule has 0 aliphatic rings. The molecule has 0 aliphatic carbocycles. The van der Waals surface area contributed by atoms with E-state index in [-0.39, 0.29) is 5.69 Å². The zero-order valence-electron chi connectivity index (χ0n) is 15.1. The van der Waals surface area contributed by atoms with Crippen LogP contribution in [-0.2, 0) is 7.05 Å². The van der Waals surface area contributed by atoms with Gasteiger partial charge in [-0.2, -0.15) is 0 Å². The average Bonchev–Trinajstić information content (AvgIpc) is 2.56. The molecule has 0 saturated heterocycles. The van der Waals surface area contributed by atoms with Gasteiger partial charge >= 0.3 is 0 Å². The van der Waals surface area contributed by atoms with Gasteiger partial charge in [0.05, 0.1) is 11.0 Å². The topological polar surface area (TPSA) is 64.0 Å². The number of nitrogens with one attached hydrogen (secondary N) is 1. The number of amides is 1. The molecule has 0 fully saturated rings. The van der Waals surface area contributed by atoms with Crippen LogP contribution in [0, 0.1) is 27.7 Å². The Hall–Kier alpha value is -2.95. The van der Waals surface area contributed by atoms with Crippen molar-refractivity contribution in [3.05, 3.63) is 68.6 Å². The zero-order chi connectivity index (χ0) is 18.3. The second kappa shape index (κ2) is 6.16. The fourth-order valence-electron chi connectivity index (χ4n) is 2.74. The lowest BCUT2D eigenvalue weighted by atomic mass is 10.1. The number of carbonyl (C=O) groups is 1. The monoisotopic (exact) mass is 335 g/mol. The molecule has 1 heterocycles. The molecule has 5 nitrogen and oxygen atoms in total. The normalized spacial score (nSPS) is 10.9. The Bertz CT molecular complexity index is 1060. The zero-order valence-corrected chi connectivity index (χ0v) is 15.1. The first kappa shape index (κ1) is 16.9. The molecule has 3 rings (SSSR count). The smallest absolute Gasteiger partial charge is 0.282 e. The second-order valence-electron chi connectivity index (χ2n) is 6.50. The Labute approximate surface area is 146 Å². The highest BCUT2D eigenvalue weighted by Crippen LogP contribution is 2.18. The van der Waals surface area contributed by atoms with Gasteiger partial charge in [0.25, 0.3) is 11.5 Å². The Morgan fingerprint density at radius 1 is 0.960 bits per heavy atom. The Morgan fingerprint density at radius 3 is 2.28 bits per heavy atom. The number of aromatic nitrogens is 2. The predicted molar refractivity (Wildman–Crippen MR) is 100 cm³/mol. The Morgan fingerprint density at radius 2 is 1.60 bits per heavy atom. The molecule has 0 atom stereocenters. The number of anilines is 1. The van der Waals surface area contributed by atoms with Crippen LogP contribution in [0.4, 0.5) is 5.69 Å². The van der Waals surface area contributed by atoms with E-state index >= 15 is 0 Å². The highest BCUT2D eigenvalue weighted by Gasteiger charge is 2.17. The van der Waals surface area contributed by atoms with Crippen molar-refractivity contribution in [1.82, 2.24) is 9.55 Å². The van der Waals surface area contributed by atoms with Gasteiger partial charge in [-0.05, 0) is 74.2 Å². The van der Waals surface area contributed by atoms with Crippen LogP contribution in [0.1, 0.15) is 32.7 Å². The van der Waals surface area contributed by atoms with E-state index in [1.807, 2.05) is 58.0 Å². The van der Waals surface area contributed by atoms with Gasteiger partial charge in [0.2, 0.25) is 0 Å². The first-order valence-electron chi connectivity index (χ1n) is 8.14. The number of benzene rings is 2. The van der Waals surface area contributed by atoms with E-state index in [9.17, 15) is 9.59 Å². The summed E-state index contributed by atoms with van der Waals surface area (Å²) in [6.45, 7) is 7.95. The maximum absolute atomic E-state index is 12.6. The van der Waals surface area contributed by atoms with Crippen molar-refractivity contribution in [3.8, 4) is 0 Å². The van der Waals surface area contributed by atoms with Gasteiger partial charge in [0.15, 0.2) is 5.69 Å². The predicted octanol–water partition coefficient (Wildman–Crippen LogP) is 3.42. The number of fused-ring (bicyclic) bond motifs is 1. The Balaban J connectivity index is 2.06. The lowest BCUT2D eigenvalue weighted by molar-refractivity contribution is 0.102.